The number of hydrogen-bond donors (Lipinski definition) is 0. The van der Waals surface area contributed by atoms with E-state index in [1.807, 2.05) is 0 Å². The number of carbonyl (C=O) groups is 1. The molecule has 17 heavy (non-hydrogen) atoms. The minimum atomic E-state index is -0.478. The van der Waals surface area contributed by atoms with E-state index in [0.717, 1.165) is 11.7 Å². The maximum Gasteiger partial charge on any atom is 0.188 e. The molecule has 88 valence electrons. The van der Waals surface area contributed by atoms with Crippen molar-refractivity contribution in [3.8, 4) is 5.75 Å². The molecule has 0 fully saturated rings. The third-order valence-electron chi connectivity index (χ3n) is 2.23. The Morgan fingerprint density at radius 2 is 2.35 bits per heavy atom. The lowest BCUT2D eigenvalue weighted by molar-refractivity contribution is 0.0989. The first-order valence-electron chi connectivity index (χ1n) is 4.84. The van der Waals surface area contributed by atoms with Gasteiger partial charge in [0, 0.05) is 6.42 Å². The Morgan fingerprint density at radius 1 is 1.53 bits per heavy atom. The molecule has 6 heteroatoms. The molecule has 1 heterocycles. The highest BCUT2D eigenvalue weighted by Crippen LogP contribution is 2.18. The van der Waals surface area contributed by atoms with Crippen LogP contribution in [0.5, 0.6) is 5.75 Å². The Balaban J connectivity index is 2.14. The number of Topliss-reactive ketones (excluding diaryl/α,β-unsaturated/α-hetero) is 1. The van der Waals surface area contributed by atoms with Crippen molar-refractivity contribution >= 4 is 17.5 Å². The van der Waals surface area contributed by atoms with E-state index in [4.69, 9.17) is 4.74 Å². The molecule has 0 atom stereocenters. The lowest BCUT2D eigenvalue weighted by Gasteiger charge is -2.03. The van der Waals surface area contributed by atoms with Crippen molar-refractivity contribution in [1.82, 2.24) is 8.75 Å². The molecule has 0 N–H and O–H groups in total. The highest BCUT2D eigenvalue weighted by atomic mass is 32.1. The fourth-order valence-electron chi connectivity index (χ4n) is 1.38. The molecule has 0 bridgehead atoms. The molecule has 4 nitrogen and oxygen atoms in total. The van der Waals surface area contributed by atoms with E-state index >= 15 is 0 Å². The Kier molecular flexibility index (Phi) is 3.43. The number of carbonyl (C=O) groups excluding carboxylic acids is 1. The molecule has 0 amide bonds. The summed E-state index contributed by atoms with van der Waals surface area (Å²) in [6.45, 7) is 0. The van der Waals surface area contributed by atoms with Crippen LogP contribution in [0.25, 0.3) is 0 Å². The van der Waals surface area contributed by atoms with E-state index in [0.29, 0.717) is 11.3 Å². The first-order chi connectivity index (χ1) is 8.20. The summed E-state index contributed by atoms with van der Waals surface area (Å²) >= 11 is 0.973. The molecule has 2 aromatic rings. The molecule has 1 aromatic heterocycles. The highest BCUT2D eigenvalue weighted by Gasteiger charge is 2.11. The van der Waals surface area contributed by atoms with Gasteiger partial charge in [0.2, 0.25) is 0 Å². The van der Waals surface area contributed by atoms with Gasteiger partial charge in [-0.05, 0) is 17.7 Å². The van der Waals surface area contributed by atoms with Gasteiger partial charge in [0.25, 0.3) is 0 Å². The van der Waals surface area contributed by atoms with E-state index in [-0.39, 0.29) is 18.0 Å². The Morgan fingerprint density at radius 3 is 2.94 bits per heavy atom. The number of rotatable bonds is 4. The van der Waals surface area contributed by atoms with E-state index in [2.05, 4.69) is 8.75 Å². The van der Waals surface area contributed by atoms with E-state index in [9.17, 15) is 9.18 Å². The zero-order chi connectivity index (χ0) is 12.3. The molecule has 2 rings (SSSR count). The zero-order valence-corrected chi connectivity index (χ0v) is 9.83. The van der Waals surface area contributed by atoms with Crippen LogP contribution in [-0.2, 0) is 6.42 Å². The Labute approximate surface area is 101 Å². The summed E-state index contributed by atoms with van der Waals surface area (Å²) in [4.78, 5) is 11.7. The number of aromatic nitrogens is 2. The van der Waals surface area contributed by atoms with Crippen molar-refractivity contribution in [1.29, 1.82) is 0 Å². The number of methoxy groups -OCH3 is 1. The largest absolute Gasteiger partial charge is 0.494 e. The SMILES string of the molecule is COc1ccc(CC(=O)c2cnsn2)cc1F. The number of halogens is 1. The predicted octanol–water partition coefficient (Wildman–Crippen LogP) is 2.11. The minimum absolute atomic E-state index is 0.103. The van der Waals surface area contributed by atoms with Gasteiger partial charge in [0.15, 0.2) is 17.3 Å². The third-order valence-corrected chi connectivity index (χ3v) is 2.71. The monoisotopic (exact) mass is 252 g/mol. The van der Waals surface area contributed by atoms with Gasteiger partial charge in [0.05, 0.1) is 25.0 Å². The van der Waals surface area contributed by atoms with Gasteiger partial charge >= 0.3 is 0 Å². The second-order valence-electron chi connectivity index (χ2n) is 3.36. The van der Waals surface area contributed by atoms with Crippen LogP contribution >= 0.6 is 11.7 Å². The fraction of sp³-hybridized carbons (Fsp3) is 0.182. The van der Waals surface area contributed by atoms with Crippen LogP contribution in [0.4, 0.5) is 4.39 Å². The predicted molar refractivity (Wildman–Crippen MR) is 60.9 cm³/mol. The third kappa shape index (κ3) is 2.65. The molecular formula is C11H9FN2O2S. The minimum Gasteiger partial charge on any atom is -0.494 e. The van der Waals surface area contributed by atoms with Crippen LogP contribution < -0.4 is 4.74 Å². The highest BCUT2D eigenvalue weighted by molar-refractivity contribution is 6.99. The average molecular weight is 252 g/mol. The van der Waals surface area contributed by atoms with Crippen LogP contribution in [-0.4, -0.2) is 21.6 Å². The van der Waals surface area contributed by atoms with Crippen LogP contribution in [0.1, 0.15) is 16.1 Å². The van der Waals surface area contributed by atoms with Crippen molar-refractivity contribution < 1.29 is 13.9 Å². The molecule has 0 spiro atoms. The van der Waals surface area contributed by atoms with Gasteiger partial charge < -0.3 is 4.74 Å². The molecule has 0 aliphatic rings. The molecule has 0 radical (unpaired) electrons. The summed E-state index contributed by atoms with van der Waals surface area (Å²) in [5, 5.41) is 0. The molecule has 0 saturated heterocycles. The van der Waals surface area contributed by atoms with Crippen LogP contribution in [0, 0.1) is 5.82 Å². The molecule has 0 saturated carbocycles. The smallest absolute Gasteiger partial charge is 0.188 e. The van der Waals surface area contributed by atoms with Crippen molar-refractivity contribution in [3.05, 3.63) is 41.5 Å². The van der Waals surface area contributed by atoms with Gasteiger partial charge in [-0.15, -0.1) is 0 Å². The number of ketones is 1. The maximum absolute atomic E-state index is 13.4. The number of hydrogen-bond acceptors (Lipinski definition) is 5. The van der Waals surface area contributed by atoms with Gasteiger partial charge in [-0.2, -0.15) is 8.75 Å². The summed E-state index contributed by atoms with van der Waals surface area (Å²) in [5.74, 6) is -0.492. The van der Waals surface area contributed by atoms with Crippen molar-refractivity contribution in [2.45, 2.75) is 6.42 Å². The first kappa shape index (κ1) is 11.7. The normalized spacial score (nSPS) is 10.2. The molecule has 0 aliphatic carbocycles. The van der Waals surface area contributed by atoms with Crippen LogP contribution in [0.15, 0.2) is 24.4 Å². The first-order valence-corrected chi connectivity index (χ1v) is 5.57. The number of nitrogens with zero attached hydrogens (tertiary/aromatic N) is 2. The molecule has 0 aliphatic heterocycles. The number of ether oxygens (including phenoxy) is 1. The van der Waals surface area contributed by atoms with Gasteiger partial charge in [-0.25, -0.2) is 4.39 Å². The summed E-state index contributed by atoms with van der Waals surface area (Å²) in [6, 6.07) is 4.44. The average Bonchev–Trinajstić information content (AvgIpc) is 2.82. The lowest BCUT2D eigenvalue weighted by Crippen LogP contribution is -2.04. The van der Waals surface area contributed by atoms with Crippen LogP contribution in [0.3, 0.4) is 0 Å². The fourth-order valence-corrected chi connectivity index (χ4v) is 1.81. The quantitative estimate of drug-likeness (QED) is 0.782. The van der Waals surface area contributed by atoms with Crippen molar-refractivity contribution in [2.24, 2.45) is 0 Å². The second kappa shape index (κ2) is 5.01. The topological polar surface area (TPSA) is 52.1 Å². The zero-order valence-electron chi connectivity index (χ0n) is 9.01. The van der Waals surface area contributed by atoms with Gasteiger partial charge in [0.1, 0.15) is 5.69 Å². The Hall–Kier alpha value is -1.82. The Bertz CT molecular complexity index is 528. The molecule has 0 unspecified atom stereocenters. The standard InChI is InChI=1S/C11H9FN2O2S/c1-16-11-3-2-7(4-8(11)12)5-10(15)9-6-13-17-14-9/h2-4,6H,5H2,1H3. The second-order valence-corrected chi connectivity index (χ2v) is 3.92. The summed E-state index contributed by atoms with van der Waals surface area (Å²) in [5.41, 5.74) is 0.896. The van der Waals surface area contributed by atoms with Gasteiger partial charge in [-0.3, -0.25) is 4.79 Å². The summed E-state index contributed by atoms with van der Waals surface area (Å²) < 4.78 is 25.8. The van der Waals surface area contributed by atoms with Crippen molar-refractivity contribution in [3.63, 3.8) is 0 Å². The molecular weight excluding hydrogens is 243 g/mol. The number of benzene rings is 1. The summed E-state index contributed by atoms with van der Waals surface area (Å²) in [7, 11) is 1.39. The maximum atomic E-state index is 13.4. The van der Waals surface area contributed by atoms with Gasteiger partial charge in [-0.1, -0.05) is 6.07 Å². The van der Waals surface area contributed by atoms with E-state index in [1.54, 1.807) is 6.07 Å². The summed E-state index contributed by atoms with van der Waals surface area (Å²) in [6.07, 6.45) is 1.51. The van der Waals surface area contributed by atoms with E-state index in [1.165, 1.54) is 25.4 Å². The van der Waals surface area contributed by atoms with E-state index < -0.39 is 5.82 Å². The van der Waals surface area contributed by atoms with Crippen LogP contribution in [0.2, 0.25) is 0 Å². The molecule has 1 aromatic carbocycles. The lowest BCUT2D eigenvalue weighted by atomic mass is 10.1. The van der Waals surface area contributed by atoms with Crippen molar-refractivity contribution in [2.75, 3.05) is 7.11 Å².